The van der Waals surface area contributed by atoms with E-state index in [1.807, 2.05) is 0 Å². The summed E-state index contributed by atoms with van der Waals surface area (Å²) in [5.41, 5.74) is 5.18. The number of carbonyl (C=O) groups is 2. The lowest BCUT2D eigenvalue weighted by molar-refractivity contribution is -0.163. The van der Waals surface area contributed by atoms with Crippen molar-refractivity contribution < 1.29 is 19.4 Å². The van der Waals surface area contributed by atoms with Crippen molar-refractivity contribution >= 4 is 11.9 Å². The van der Waals surface area contributed by atoms with Crippen LogP contribution in [0, 0.1) is 0 Å². The smallest absolute Gasteiger partial charge is 0.348 e. The van der Waals surface area contributed by atoms with Gasteiger partial charge in [-0.05, 0) is 28.8 Å². The van der Waals surface area contributed by atoms with Crippen LogP contribution in [0.25, 0.3) is 0 Å². The lowest BCUT2D eigenvalue weighted by Gasteiger charge is -2.27. The summed E-state index contributed by atoms with van der Waals surface area (Å²) in [5.74, 6) is -1.31. The van der Waals surface area contributed by atoms with Gasteiger partial charge in [-0.25, -0.2) is 4.79 Å². The summed E-state index contributed by atoms with van der Waals surface area (Å²) in [5, 5.41) is 11.3. The Hall–Kier alpha value is -3.44. The van der Waals surface area contributed by atoms with Crippen LogP contribution in [-0.4, -0.2) is 17.0 Å². The fraction of sp³-hybridized carbons (Fsp3) is 0.0909. The van der Waals surface area contributed by atoms with Crippen molar-refractivity contribution in [3.8, 4) is 0 Å². The molecule has 136 valence electrons. The highest BCUT2D eigenvalue weighted by Crippen LogP contribution is 2.31. The van der Waals surface area contributed by atoms with Gasteiger partial charge >= 0.3 is 5.97 Å². The van der Waals surface area contributed by atoms with Gasteiger partial charge < -0.3 is 15.6 Å². The van der Waals surface area contributed by atoms with Gasteiger partial charge in [0.2, 0.25) is 11.5 Å². The topological polar surface area (TPSA) is 89.6 Å². The highest BCUT2D eigenvalue weighted by molar-refractivity contribution is 5.92. The number of benzene rings is 3. The second kappa shape index (κ2) is 7.85. The van der Waals surface area contributed by atoms with Crippen LogP contribution in [0.15, 0.2) is 84.9 Å². The van der Waals surface area contributed by atoms with Crippen LogP contribution < -0.4 is 5.73 Å². The third-order valence-electron chi connectivity index (χ3n) is 4.29. The Balaban J connectivity index is 1.85. The predicted octanol–water partition coefficient (Wildman–Crippen LogP) is 2.76. The first kappa shape index (κ1) is 18.4. The maximum atomic E-state index is 12.9. The van der Waals surface area contributed by atoms with E-state index in [4.69, 9.17) is 10.5 Å². The molecule has 27 heavy (non-hydrogen) atoms. The molecule has 0 atom stereocenters. The van der Waals surface area contributed by atoms with E-state index >= 15 is 0 Å². The van der Waals surface area contributed by atoms with Crippen molar-refractivity contribution in [1.82, 2.24) is 0 Å². The maximum Gasteiger partial charge on any atom is 0.348 e. The largest absolute Gasteiger partial charge is 0.458 e. The number of rotatable bonds is 6. The van der Waals surface area contributed by atoms with Gasteiger partial charge in [0.25, 0.3) is 0 Å². The number of nitrogens with two attached hydrogens (primary N) is 1. The van der Waals surface area contributed by atoms with Gasteiger partial charge in [-0.15, -0.1) is 0 Å². The highest BCUT2D eigenvalue weighted by Gasteiger charge is 2.41. The standard InChI is InChI=1S/C22H19NO4/c23-20(24)17-13-11-16(12-14-17)15-27-21(25)22(26,18-7-3-1-4-8-18)19-9-5-2-6-10-19/h1-14,26H,15H2,(H2,23,24). The van der Waals surface area contributed by atoms with Gasteiger partial charge in [0.1, 0.15) is 6.61 Å². The molecule has 3 aromatic rings. The third-order valence-corrected chi connectivity index (χ3v) is 4.29. The number of hydrogen-bond donors (Lipinski definition) is 2. The lowest BCUT2D eigenvalue weighted by atomic mass is 9.86. The molecule has 0 bridgehead atoms. The summed E-state index contributed by atoms with van der Waals surface area (Å²) >= 11 is 0. The van der Waals surface area contributed by atoms with E-state index in [0.717, 1.165) is 0 Å². The molecule has 5 nitrogen and oxygen atoms in total. The van der Waals surface area contributed by atoms with Crippen molar-refractivity contribution in [2.24, 2.45) is 5.73 Å². The van der Waals surface area contributed by atoms with Gasteiger partial charge in [0.15, 0.2) is 0 Å². The number of ether oxygens (including phenoxy) is 1. The minimum Gasteiger partial charge on any atom is -0.458 e. The highest BCUT2D eigenvalue weighted by atomic mass is 16.5. The van der Waals surface area contributed by atoms with Crippen molar-refractivity contribution in [1.29, 1.82) is 0 Å². The van der Waals surface area contributed by atoms with E-state index in [1.54, 1.807) is 84.9 Å². The first-order chi connectivity index (χ1) is 13.0. The quantitative estimate of drug-likeness (QED) is 0.661. The molecule has 0 heterocycles. The molecular formula is C22H19NO4. The van der Waals surface area contributed by atoms with Crippen molar-refractivity contribution in [3.05, 3.63) is 107 Å². The predicted molar refractivity (Wildman–Crippen MR) is 101 cm³/mol. The molecule has 0 saturated heterocycles. The Kier molecular flexibility index (Phi) is 5.33. The summed E-state index contributed by atoms with van der Waals surface area (Å²) < 4.78 is 5.40. The van der Waals surface area contributed by atoms with Gasteiger partial charge in [0, 0.05) is 5.56 Å². The van der Waals surface area contributed by atoms with E-state index in [2.05, 4.69) is 0 Å². The van der Waals surface area contributed by atoms with Crippen LogP contribution >= 0.6 is 0 Å². The Morgan fingerprint density at radius 1 is 0.815 bits per heavy atom. The van der Waals surface area contributed by atoms with E-state index in [-0.39, 0.29) is 6.61 Å². The molecule has 0 fully saturated rings. The first-order valence-electron chi connectivity index (χ1n) is 8.41. The van der Waals surface area contributed by atoms with Crippen LogP contribution in [-0.2, 0) is 21.7 Å². The molecule has 0 aliphatic heterocycles. The Labute approximate surface area is 157 Å². The second-order valence-electron chi connectivity index (χ2n) is 6.08. The van der Waals surface area contributed by atoms with Gasteiger partial charge in [0.05, 0.1) is 0 Å². The zero-order valence-electron chi connectivity index (χ0n) is 14.5. The van der Waals surface area contributed by atoms with E-state index in [1.165, 1.54) is 0 Å². The maximum absolute atomic E-state index is 12.9. The Morgan fingerprint density at radius 3 is 1.74 bits per heavy atom. The number of esters is 1. The van der Waals surface area contributed by atoms with E-state index in [9.17, 15) is 14.7 Å². The van der Waals surface area contributed by atoms with Crippen LogP contribution in [0.5, 0.6) is 0 Å². The molecule has 5 heteroatoms. The summed E-state index contributed by atoms with van der Waals surface area (Å²) in [4.78, 5) is 24.0. The number of amides is 1. The molecule has 3 rings (SSSR count). The van der Waals surface area contributed by atoms with Gasteiger partial charge in [-0.3, -0.25) is 4.79 Å². The average molecular weight is 361 g/mol. The minimum atomic E-state index is -1.92. The lowest BCUT2D eigenvalue weighted by Crippen LogP contribution is -2.38. The molecule has 0 radical (unpaired) electrons. The molecule has 0 spiro atoms. The van der Waals surface area contributed by atoms with Crippen LogP contribution in [0.3, 0.4) is 0 Å². The number of primary amides is 1. The Bertz CT molecular complexity index is 882. The van der Waals surface area contributed by atoms with E-state index in [0.29, 0.717) is 22.3 Å². The van der Waals surface area contributed by atoms with Crippen LogP contribution in [0.1, 0.15) is 27.0 Å². The number of carbonyl (C=O) groups excluding carboxylic acids is 2. The van der Waals surface area contributed by atoms with Crippen molar-refractivity contribution in [2.75, 3.05) is 0 Å². The second-order valence-corrected chi connectivity index (χ2v) is 6.08. The summed E-state index contributed by atoms with van der Waals surface area (Å²) in [6, 6.07) is 23.7. The molecular weight excluding hydrogens is 342 g/mol. The normalized spacial score (nSPS) is 11.0. The van der Waals surface area contributed by atoms with Crippen LogP contribution in [0.2, 0.25) is 0 Å². The summed E-state index contributed by atoms with van der Waals surface area (Å²) in [6.07, 6.45) is 0. The molecule has 0 unspecified atom stereocenters. The molecule has 0 aliphatic carbocycles. The monoisotopic (exact) mass is 361 g/mol. The van der Waals surface area contributed by atoms with Crippen molar-refractivity contribution in [3.63, 3.8) is 0 Å². The molecule has 3 N–H and O–H groups in total. The fourth-order valence-corrected chi connectivity index (χ4v) is 2.78. The van der Waals surface area contributed by atoms with E-state index < -0.39 is 17.5 Å². The fourth-order valence-electron chi connectivity index (χ4n) is 2.78. The van der Waals surface area contributed by atoms with Crippen LogP contribution in [0.4, 0.5) is 0 Å². The zero-order valence-corrected chi connectivity index (χ0v) is 14.5. The average Bonchev–Trinajstić information content (AvgIpc) is 2.73. The Morgan fingerprint density at radius 2 is 1.30 bits per heavy atom. The summed E-state index contributed by atoms with van der Waals surface area (Å²) in [7, 11) is 0. The molecule has 1 amide bonds. The number of hydrogen-bond acceptors (Lipinski definition) is 4. The first-order valence-corrected chi connectivity index (χ1v) is 8.41. The molecule has 0 aromatic heterocycles. The third kappa shape index (κ3) is 3.88. The van der Waals surface area contributed by atoms with Gasteiger partial charge in [-0.1, -0.05) is 72.8 Å². The molecule has 0 aliphatic rings. The van der Waals surface area contributed by atoms with Crippen molar-refractivity contribution in [2.45, 2.75) is 12.2 Å². The minimum absolute atomic E-state index is 0.0418. The van der Waals surface area contributed by atoms with Gasteiger partial charge in [-0.2, -0.15) is 0 Å². The molecule has 3 aromatic carbocycles. The number of aliphatic hydroxyl groups is 1. The zero-order chi connectivity index (χ0) is 19.3. The SMILES string of the molecule is NC(=O)c1ccc(COC(=O)C(O)(c2ccccc2)c2ccccc2)cc1. The molecule has 0 saturated carbocycles. The summed E-state index contributed by atoms with van der Waals surface area (Å²) in [6.45, 7) is -0.0418.